The number of thiazole rings is 1. The third-order valence-corrected chi connectivity index (χ3v) is 13.1. The van der Waals surface area contributed by atoms with Crippen molar-refractivity contribution in [3.05, 3.63) is 70.4 Å². The molecule has 6 aromatic heterocycles. The molecule has 308 valence electrons. The molecule has 6 aromatic rings. The number of aromatic nitrogens is 12. The van der Waals surface area contributed by atoms with Gasteiger partial charge in [0.1, 0.15) is 28.0 Å². The van der Waals surface area contributed by atoms with Gasteiger partial charge in [0.15, 0.2) is 11.6 Å². The number of pyridine rings is 1. The first-order valence-electron chi connectivity index (χ1n) is 21.0. The van der Waals surface area contributed by atoms with Crippen LogP contribution in [0.4, 0.5) is 11.9 Å². The number of anilines is 2. The molecule has 0 saturated carbocycles. The Bertz CT molecular complexity index is 2460. The number of aryl methyl sites for hydroxylation is 6. The van der Waals surface area contributed by atoms with Gasteiger partial charge in [-0.3, -0.25) is 23.9 Å². The first kappa shape index (κ1) is 38.9. The molecule has 16 nitrogen and oxygen atoms in total. The van der Waals surface area contributed by atoms with Gasteiger partial charge in [-0.2, -0.15) is 20.2 Å². The number of carbonyl (C=O) groups is 2. The highest BCUT2D eigenvalue weighted by Crippen LogP contribution is 2.32. The first-order valence-corrected chi connectivity index (χ1v) is 21.9. The summed E-state index contributed by atoms with van der Waals surface area (Å²) in [5.74, 6) is 4.53. The number of Topliss-reactive ketones (excluding diaryl/α,β-unsaturated/α-hetero) is 2. The van der Waals surface area contributed by atoms with Gasteiger partial charge in [0.2, 0.25) is 11.9 Å². The number of nitrogens with zero attached hydrogens (tertiary/aromatic N) is 14. The van der Waals surface area contributed by atoms with Crippen LogP contribution in [0.25, 0.3) is 21.8 Å². The van der Waals surface area contributed by atoms with Crippen molar-refractivity contribution in [2.45, 2.75) is 91.1 Å². The van der Waals surface area contributed by atoms with Crippen molar-refractivity contribution in [3.63, 3.8) is 0 Å². The zero-order valence-corrected chi connectivity index (χ0v) is 35.2. The summed E-state index contributed by atoms with van der Waals surface area (Å²) in [6.07, 6.45) is 12.8. The fourth-order valence-corrected chi connectivity index (χ4v) is 9.74. The van der Waals surface area contributed by atoms with E-state index in [-0.39, 0.29) is 23.4 Å². The fourth-order valence-electron chi connectivity index (χ4n) is 8.93. The van der Waals surface area contributed by atoms with Crippen LogP contribution in [0.15, 0.2) is 36.0 Å². The van der Waals surface area contributed by atoms with Gasteiger partial charge in [-0.1, -0.05) is 6.07 Å². The van der Waals surface area contributed by atoms with Crippen LogP contribution in [0, 0.1) is 25.7 Å². The predicted molar refractivity (Wildman–Crippen MR) is 225 cm³/mol. The maximum Gasteiger partial charge on any atom is 0.244 e. The van der Waals surface area contributed by atoms with E-state index >= 15 is 0 Å². The summed E-state index contributed by atoms with van der Waals surface area (Å²) in [6.45, 7) is 9.76. The molecule has 2 saturated heterocycles. The van der Waals surface area contributed by atoms with Crippen molar-refractivity contribution in [2.24, 2.45) is 25.9 Å². The average Bonchev–Trinajstić information content (AvgIpc) is 4.07. The lowest BCUT2D eigenvalue weighted by Gasteiger charge is -2.21. The predicted octanol–water partition coefficient (Wildman–Crippen LogP) is 5.70. The molecule has 0 radical (unpaired) electrons. The molecule has 4 aliphatic rings. The second-order valence-electron chi connectivity index (χ2n) is 16.5. The van der Waals surface area contributed by atoms with E-state index in [0.29, 0.717) is 24.2 Å². The van der Waals surface area contributed by atoms with Crippen LogP contribution in [0.3, 0.4) is 0 Å². The van der Waals surface area contributed by atoms with E-state index in [1.54, 1.807) is 33.1 Å². The van der Waals surface area contributed by atoms with Gasteiger partial charge in [0.05, 0.1) is 23.7 Å². The molecular weight excluding hydrogens is 765 g/mol. The molecule has 0 aromatic carbocycles. The molecular formula is C42H52N14O2S. The van der Waals surface area contributed by atoms with Gasteiger partial charge < -0.3 is 9.80 Å². The number of ketones is 2. The van der Waals surface area contributed by atoms with Crippen molar-refractivity contribution >= 4 is 34.8 Å². The van der Waals surface area contributed by atoms with Crippen molar-refractivity contribution in [1.82, 2.24) is 59.1 Å². The third-order valence-electron chi connectivity index (χ3n) is 12.1. The topological polar surface area (TPSA) is 163 Å². The Kier molecular flexibility index (Phi) is 10.9. The summed E-state index contributed by atoms with van der Waals surface area (Å²) in [6, 6.07) is 5.85. The maximum absolute atomic E-state index is 13.3. The summed E-state index contributed by atoms with van der Waals surface area (Å²) in [5.41, 5.74) is 5.63. The van der Waals surface area contributed by atoms with E-state index in [1.165, 1.54) is 25.7 Å². The van der Waals surface area contributed by atoms with Gasteiger partial charge in [-0.25, -0.2) is 14.3 Å². The highest BCUT2D eigenvalue weighted by Gasteiger charge is 2.30. The molecule has 0 amide bonds. The monoisotopic (exact) mass is 816 g/mol. The summed E-state index contributed by atoms with van der Waals surface area (Å²) in [5, 5.41) is 20.9. The molecule has 59 heavy (non-hydrogen) atoms. The van der Waals surface area contributed by atoms with Gasteiger partial charge in [0, 0.05) is 101 Å². The molecule has 0 spiro atoms. The van der Waals surface area contributed by atoms with Crippen molar-refractivity contribution < 1.29 is 9.59 Å². The highest BCUT2D eigenvalue weighted by atomic mass is 32.1. The largest absolute Gasteiger partial charge is 0.340 e. The van der Waals surface area contributed by atoms with Gasteiger partial charge in [-0.15, -0.1) is 21.5 Å². The van der Waals surface area contributed by atoms with Crippen LogP contribution in [0.2, 0.25) is 0 Å². The van der Waals surface area contributed by atoms with Crippen molar-refractivity contribution in [2.75, 3.05) is 36.0 Å². The Morgan fingerprint density at radius 3 is 1.69 bits per heavy atom. The number of hydrogen-bond donors (Lipinski definition) is 0. The summed E-state index contributed by atoms with van der Waals surface area (Å²) in [7, 11) is 3.66. The molecule has 0 N–H and O–H groups in total. The van der Waals surface area contributed by atoms with Gasteiger partial charge in [-0.05, 0) is 76.3 Å². The van der Waals surface area contributed by atoms with E-state index in [9.17, 15) is 9.59 Å². The van der Waals surface area contributed by atoms with Crippen LogP contribution >= 0.6 is 11.3 Å². The number of carbonyl (C=O) groups excluding carboxylic acids is 2. The van der Waals surface area contributed by atoms with E-state index < -0.39 is 0 Å². The second kappa shape index (κ2) is 16.6. The number of rotatable bonds is 10. The molecule has 2 fully saturated rings. The van der Waals surface area contributed by atoms with Crippen LogP contribution in [-0.2, 0) is 40.0 Å². The Morgan fingerprint density at radius 1 is 0.661 bits per heavy atom. The molecule has 4 aliphatic heterocycles. The average molecular weight is 817 g/mol. The van der Waals surface area contributed by atoms with Crippen molar-refractivity contribution in [3.8, 4) is 21.8 Å². The van der Waals surface area contributed by atoms with Crippen molar-refractivity contribution in [1.29, 1.82) is 0 Å². The minimum atomic E-state index is 0.117. The smallest absolute Gasteiger partial charge is 0.244 e. The Morgan fingerprint density at radius 2 is 1.19 bits per heavy atom. The molecule has 10 rings (SSSR count). The minimum absolute atomic E-state index is 0.117. The third kappa shape index (κ3) is 8.21. The minimum Gasteiger partial charge on any atom is -0.340 e. The molecule has 0 aliphatic carbocycles. The lowest BCUT2D eigenvalue weighted by molar-refractivity contribution is 0.0935. The normalized spacial score (nSPS) is 18.8. The Balaban J connectivity index is 0.000000152. The zero-order chi connectivity index (χ0) is 40.6. The highest BCUT2D eigenvalue weighted by molar-refractivity contribution is 7.13. The Hall–Kier alpha value is -5.58. The van der Waals surface area contributed by atoms with E-state index in [0.717, 1.165) is 122 Å². The number of fused-ring (bicyclic) bond motifs is 2. The Labute approximate surface area is 347 Å². The summed E-state index contributed by atoms with van der Waals surface area (Å²) >= 11 is 1.56. The zero-order valence-electron chi connectivity index (χ0n) is 34.4. The molecule has 2 atom stereocenters. The van der Waals surface area contributed by atoms with Gasteiger partial charge >= 0.3 is 0 Å². The maximum atomic E-state index is 13.3. The molecule has 0 bridgehead atoms. The molecule has 2 unspecified atom stereocenters. The van der Waals surface area contributed by atoms with Crippen LogP contribution in [-0.4, -0.2) is 96.8 Å². The second-order valence-corrected chi connectivity index (χ2v) is 17.3. The first-order chi connectivity index (χ1) is 28.7. The lowest BCUT2D eigenvalue weighted by atomic mass is 9.91. The quantitative estimate of drug-likeness (QED) is 0.155. The van der Waals surface area contributed by atoms with Crippen LogP contribution in [0.5, 0.6) is 0 Å². The summed E-state index contributed by atoms with van der Waals surface area (Å²) < 4.78 is 7.42. The van der Waals surface area contributed by atoms with E-state index in [1.807, 2.05) is 60.9 Å². The number of hydrogen-bond acceptors (Lipinski definition) is 13. The fraction of sp³-hybridized carbons (Fsp3) is 0.524. The molecule has 17 heteroatoms. The van der Waals surface area contributed by atoms with E-state index in [4.69, 9.17) is 20.2 Å². The lowest BCUT2D eigenvalue weighted by Crippen LogP contribution is -2.23. The summed E-state index contributed by atoms with van der Waals surface area (Å²) in [4.78, 5) is 49.7. The van der Waals surface area contributed by atoms with Crippen LogP contribution in [0.1, 0.15) is 95.4 Å². The SMILES string of the molecule is Cc1cccc(-c2cnn(C)c2C(=O)CC2CCn3nc(N4CCCC4)nc3C2)n1.Cc1csc(-c2cnn(C)c2C(=O)CC2CCn3nc(N4CCCC4)nc3C2)n1. The van der Waals surface area contributed by atoms with E-state index in [2.05, 4.69) is 30.0 Å². The molecule has 10 heterocycles. The van der Waals surface area contributed by atoms with Crippen LogP contribution < -0.4 is 9.80 Å². The van der Waals surface area contributed by atoms with Gasteiger partial charge in [0.25, 0.3) is 0 Å². The standard InChI is InChI=1S/C22H27N7O.C20H25N7OS/c1-15-6-5-7-18(24-15)17-14-23-27(2)21(17)19(30)12-16-8-11-29-20(13-16)25-22(26-29)28-9-3-4-10-28;1-13-12-29-19(22-13)15-11-21-25(2)18(15)16(28)9-14-5-8-27-17(10-14)23-20(24-27)26-6-3-4-7-26/h5-7,14,16H,3-4,8-13H2,1-2H3;11-12,14H,3-10H2,1-2H3.